The second kappa shape index (κ2) is 5.55. The Morgan fingerprint density at radius 2 is 2.00 bits per heavy atom. The van der Waals surface area contributed by atoms with E-state index >= 15 is 0 Å². The number of rotatable bonds is 1. The molecule has 1 unspecified atom stereocenters. The number of hydrogen-bond acceptors (Lipinski definition) is 2. The van der Waals surface area contributed by atoms with Gasteiger partial charge in [-0.3, -0.25) is 4.90 Å². The van der Waals surface area contributed by atoms with E-state index in [9.17, 15) is 0 Å². The van der Waals surface area contributed by atoms with Crippen molar-refractivity contribution in [1.29, 1.82) is 0 Å². The molecule has 18 heavy (non-hydrogen) atoms. The smallest absolute Gasteiger partial charge is 0.0640 e. The fraction of sp³-hybridized carbons (Fsp3) is 0.571. The topological polar surface area (TPSA) is 6.48 Å². The molecule has 0 bridgehead atoms. The van der Waals surface area contributed by atoms with Crippen LogP contribution in [0.5, 0.6) is 0 Å². The molecular weight excluding hydrogens is 359 g/mol. The highest BCUT2D eigenvalue weighted by molar-refractivity contribution is 14.1. The maximum absolute atomic E-state index is 6.37. The summed E-state index contributed by atoms with van der Waals surface area (Å²) in [6.45, 7) is 4.81. The van der Waals surface area contributed by atoms with Crippen molar-refractivity contribution in [2.75, 3.05) is 31.1 Å². The number of benzene rings is 1. The molecule has 0 aromatic heterocycles. The molecule has 1 aromatic carbocycles. The van der Waals surface area contributed by atoms with Crippen LogP contribution in [0.4, 0.5) is 5.69 Å². The quantitative estimate of drug-likeness (QED) is 0.691. The molecule has 98 valence electrons. The maximum atomic E-state index is 6.37. The third-order valence-corrected chi connectivity index (χ3v) is 5.04. The average Bonchev–Trinajstić information content (AvgIpc) is 2.70. The highest BCUT2D eigenvalue weighted by Crippen LogP contribution is 2.31. The summed E-state index contributed by atoms with van der Waals surface area (Å²) in [4.78, 5) is 5.14. The zero-order chi connectivity index (χ0) is 12.5. The molecule has 3 rings (SSSR count). The number of fused-ring (bicyclic) bond motifs is 1. The van der Waals surface area contributed by atoms with E-state index in [1.165, 1.54) is 41.6 Å². The maximum Gasteiger partial charge on any atom is 0.0640 e. The van der Waals surface area contributed by atoms with Gasteiger partial charge in [-0.1, -0.05) is 11.6 Å². The molecule has 0 spiro atoms. The van der Waals surface area contributed by atoms with Crippen LogP contribution in [0, 0.1) is 3.57 Å². The van der Waals surface area contributed by atoms with E-state index in [1.807, 2.05) is 6.07 Å². The molecule has 4 heteroatoms. The summed E-state index contributed by atoms with van der Waals surface area (Å²) in [7, 11) is 0. The van der Waals surface area contributed by atoms with Crippen LogP contribution in [0.25, 0.3) is 0 Å². The molecule has 1 aromatic rings. The molecule has 0 aliphatic carbocycles. The molecule has 0 radical (unpaired) electrons. The van der Waals surface area contributed by atoms with E-state index in [-0.39, 0.29) is 0 Å². The highest BCUT2D eigenvalue weighted by Gasteiger charge is 2.29. The lowest BCUT2D eigenvalue weighted by Crippen LogP contribution is -2.36. The zero-order valence-corrected chi connectivity index (χ0v) is 13.3. The van der Waals surface area contributed by atoms with E-state index < -0.39 is 0 Å². The van der Waals surface area contributed by atoms with Gasteiger partial charge in [-0.15, -0.1) is 0 Å². The Hall–Kier alpha value is -0.0000000000000000763. The Balaban J connectivity index is 1.84. The van der Waals surface area contributed by atoms with Crippen molar-refractivity contribution in [3.05, 3.63) is 26.8 Å². The summed E-state index contributed by atoms with van der Waals surface area (Å²) in [6, 6.07) is 7.05. The van der Waals surface area contributed by atoms with Crippen LogP contribution in [-0.4, -0.2) is 37.1 Å². The van der Waals surface area contributed by atoms with Gasteiger partial charge in [0.2, 0.25) is 0 Å². The molecule has 1 atom stereocenters. The van der Waals surface area contributed by atoms with Crippen LogP contribution in [-0.2, 0) is 0 Å². The number of anilines is 1. The second-order valence-corrected chi connectivity index (χ2v) is 6.88. The van der Waals surface area contributed by atoms with Gasteiger partial charge in [0, 0.05) is 29.2 Å². The molecule has 2 aliphatic heterocycles. The van der Waals surface area contributed by atoms with Crippen LogP contribution in [0.2, 0.25) is 5.02 Å². The lowest BCUT2D eigenvalue weighted by molar-refractivity contribution is 0.273. The van der Waals surface area contributed by atoms with Crippen LogP contribution >= 0.6 is 34.2 Å². The van der Waals surface area contributed by atoms with E-state index in [4.69, 9.17) is 11.6 Å². The summed E-state index contributed by atoms with van der Waals surface area (Å²) >= 11 is 8.73. The minimum Gasteiger partial charge on any atom is -0.369 e. The van der Waals surface area contributed by atoms with Gasteiger partial charge >= 0.3 is 0 Å². The van der Waals surface area contributed by atoms with E-state index in [1.54, 1.807) is 0 Å². The average molecular weight is 377 g/mol. The fourth-order valence-corrected chi connectivity index (χ4v) is 3.87. The highest BCUT2D eigenvalue weighted by atomic mass is 127. The summed E-state index contributed by atoms with van der Waals surface area (Å²) in [5, 5.41) is 0.891. The number of nitrogens with zero attached hydrogens (tertiary/aromatic N) is 2. The van der Waals surface area contributed by atoms with E-state index in [0.29, 0.717) is 0 Å². The normalized spacial score (nSPS) is 25.0. The van der Waals surface area contributed by atoms with Crippen molar-refractivity contribution in [2.24, 2.45) is 0 Å². The SMILES string of the molecule is Clc1ccc(I)cc1N1CCCN2CCCC2C1. The minimum absolute atomic E-state index is 0.737. The molecule has 2 saturated heterocycles. The third-order valence-electron chi connectivity index (χ3n) is 4.05. The molecule has 2 nitrogen and oxygen atoms in total. The van der Waals surface area contributed by atoms with Crippen molar-refractivity contribution in [3.8, 4) is 0 Å². The predicted molar refractivity (Wildman–Crippen MR) is 85.6 cm³/mol. The van der Waals surface area contributed by atoms with Gasteiger partial charge in [-0.25, -0.2) is 0 Å². The van der Waals surface area contributed by atoms with E-state index in [2.05, 4.69) is 44.5 Å². The summed E-state index contributed by atoms with van der Waals surface area (Å²) < 4.78 is 1.26. The molecule has 0 saturated carbocycles. The van der Waals surface area contributed by atoms with Crippen molar-refractivity contribution in [3.63, 3.8) is 0 Å². The summed E-state index contributed by atoms with van der Waals surface area (Å²) in [5.74, 6) is 0. The van der Waals surface area contributed by atoms with Gasteiger partial charge in [0.15, 0.2) is 0 Å². The first-order valence-corrected chi connectivity index (χ1v) is 8.14. The van der Waals surface area contributed by atoms with Crippen molar-refractivity contribution in [1.82, 2.24) is 4.90 Å². The third kappa shape index (κ3) is 2.63. The van der Waals surface area contributed by atoms with Gasteiger partial charge < -0.3 is 4.90 Å². The van der Waals surface area contributed by atoms with Crippen molar-refractivity contribution < 1.29 is 0 Å². The monoisotopic (exact) mass is 376 g/mol. The number of halogens is 2. The van der Waals surface area contributed by atoms with Gasteiger partial charge in [-0.2, -0.15) is 0 Å². The minimum atomic E-state index is 0.737. The van der Waals surface area contributed by atoms with Crippen LogP contribution in [0.1, 0.15) is 19.3 Å². The Bertz CT molecular complexity index is 438. The molecule has 2 fully saturated rings. The molecular formula is C14H18ClIN2. The number of hydrogen-bond donors (Lipinski definition) is 0. The summed E-state index contributed by atoms with van der Waals surface area (Å²) in [6.07, 6.45) is 3.95. The second-order valence-electron chi connectivity index (χ2n) is 5.23. The lowest BCUT2D eigenvalue weighted by atomic mass is 10.2. The largest absolute Gasteiger partial charge is 0.369 e. The first-order valence-electron chi connectivity index (χ1n) is 6.68. The van der Waals surface area contributed by atoms with Crippen LogP contribution < -0.4 is 4.90 Å². The Kier molecular flexibility index (Phi) is 4.01. The van der Waals surface area contributed by atoms with Gasteiger partial charge in [0.25, 0.3) is 0 Å². The van der Waals surface area contributed by atoms with Crippen LogP contribution in [0.15, 0.2) is 18.2 Å². The van der Waals surface area contributed by atoms with Gasteiger partial charge in [0.1, 0.15) is 0 Å². The summed E-state index contributed by atoms with van der Waals surface area (Å²) in [5.41, 5.74) is 1.22. The molecule has 0 amide bonds. The predicted octanol–water partition coefficient (Wildman–Crippen LogP) is 3.62. The van der Waals surface area contributed by atoms with Crippen molar-refractivity contribution in [2.45, 2.75) is 25.3 Å². The van der Waals surface area contributed by atoms with Gasteiger partial charge in [0.05, 0.1) is 10.7 Å². The fourth-order valence-electron chi connectivity index (χ4n) is 3.15. The van der Waals surface area contributed by atoms with Crippen LogP contribution in [0.3, 0.4) is 0 Å². The first-order chi connectivity index (χ1) is 8.74. The Morgan fingerprint density at radius 3 is 2.89 bits per heavy atom. The Labute approximate surface area is 127 Å². The molecule has 2 aliphatic rings. The van der Waals surface area contributed by atoms with Gasteiger partial charge in [-0.05, 0) is 66.6 Å². The first kappa shape index (κ1) is 13.0. The molecule has 0 N–H and O–H groups in total. The van der Waals surface area contributed by atoms with Crippen molar-refractivity contribution >= 4 is 39.9 Å². The zero-order valence-electron chi connectivity index (χ0n) is 10.4. The lowest BCUT2D eigenvalue weighted by Gasteiger charge is -2.28. The standard InChI is InChI=1S/C14H18ClIN2/c15-13-5-4-11(16)9-14(13)18-8-2-7-17-6-1-3-12(17)10-18/h4-5,9,12H,1-3,6-8,10H2. The van der Waals surface area contributed by atoms with E-state index in [0.717, 1.165) is 24.2 Å². The Morgan fingerprint density at radius 1 is 1.17 bits per heavy atom. The molecule has 2 heterocycles.